The summed E-state index contributed by atoms with van der Waals surface area (Å²) in [4.78, 5) is 25.5. The van der Waals surface area contributed by atoms with Crippen LogP contribution in [0.4, 0.5) is 5.69 Å². The molecule has 9 heteroatoms. The van der Waals surface area contributed by atoms with Gasteiger partial charge in [-0.2, -0.15) is 0 Å². The number of nitrogens with zero attached hydrogens (tertiary/aromatic N) is 2. The predicted molar refractivity (Wildman–Crippen MR) is 106 cm³/mol. The lowest BCUT2D eigenvalue weighted by atomic mass is 10.3. The second kappa shape index (κ2) is 10.6. The Morgan fingerprint density at radius 2 is 1.97 bits per heavy atom. The Kier molecular flexibility index (Phi) is 7.60. The molecular formula is C20H26N4O5. The van der Waals surface area contributed by atoms with Crippen molar-refractivity contribution in [2.75, 3.05) is 44.7 Å². The molecule has 0 saturated carbocycles. The van der Waals surface area contributed by atoms with Gasteiger partial charge in [0.1, 0.15) is 12.4 Å². The lowest BCUT2D eigenvalue weighted by molar-refractivity contribution is -0.114. The molecule has 1 aliphatic heterocycles. The minimum Gasteiger partial charge on any atom is -0.486 e. The van der Waals surface area contributed by atoms with Gasteiger partial charge in [-0.25, -0.2) is 0 Å². The van der Waals surface area contributed by atoms with Gasteiger partial charge in [0.25, 0.3) is 5.91 Å². The summed E-state index contributed by atoms with van der Waals surface area (Å²) in [7, 11) is 0. The molecule has 0 spiro atoms. The average molecular weight is 402 g/mol. The maximum atomic E-state index is 12.2. The van der Waals surface area contributed by atoms with Crippen LogP contribution in [0, 0.1) is 0 Å². The van der Waals surface area contributed by atoms with Gasteiger partial charge in [-0.1, -0.05) is 5.16 Å². The molecule has 1 saturated heterocycles. The van der Waals surface area contributed by atoms with Crippen LogP contribution in [0.25, 0.3) is 0 Å². The zero-order chi connectivity index (χ0) is 20.5. The molecule has 0 bridgehead atoms. The van der Waals surface area contributed by atoms with Gasteiger partial charge in [0.05, 0.1) is 13.2 Å². The van der Waals surface area contributed by atoms with Crippen LogP contribution < -0.4 is 15.4 Å². The van der Waals surface area contributed by atoms with E-state index in [1.165, 1.54) is 6.92 Å². The van der Waals surface area contributed by atoms with Crippen molar-refractivity contribution in [3.63, 3.8) is 0 Å². The first-order chi connectivity index (χ1) is 14.1. The Labute approximate surface area is 169 Å². The quantitative estimate of drug-likeness (QED) is 0.615. The molecule has 9 nitrogen and oxygen atoms in total. The van der Waals surface area contributed by atoms with Crippen molar-refractivity contribution in [2.45, 2.75) is 20.0 Å². The number of carbonyl (C=O) groups excluding carboxylic acids is 2. The number of benzene rings is 1. The summed E-state index contributed by atoms with van der Waals surface area (Å²) in [6, 6.07) is 8.54. The maximum absolute atomic E-state index is 12.2. The molecule has 2 aromatic rings. The van der Waals surface area contributed by atoms with Gasteiger partial charge in [-0.05, 0) is 37.2 Å². The minimum atomic E-state index is -0.262. The van der Waals surface area contributed by atoms with Crippen LogP contribution in [0.2, 0.25) is 0 Å². The van der Waals surface area contributed by atoms with Crippen LogP contribution >= 0.6 is 0 Å². The molecule has 0 unspecified atom stereocenters. The topological polar surface area (TPSA) is 106 Å². The third kappa shape index (κ3) is 6.88. The van der Waals surface area contributed by atoms with Crippen molar-refractivity contribution in [1.82, 2.24) is 15.4 Å². The highest BCUT2D eigenvalue weighted by Gasteiger charge is 2.13. The fourth-order valence-corrected chi connectivity index (χ4v) is 2.90. The molecule has 2 heterocycles. The highest BCUT2D eigenvalue weighted by molar-refractivity contribution is 5.92. The Balaban J connectivity index is 1.38. The number of carbonyl (C=O) groups is 2. The molecule has 0 atom stereocenters. The molecule has 1 fully saturated rings. The highest BCUT2D eigenvalue weighted by atomic mass is 16.5. The largest absolute Gasteiger partial charge is 0.486 e. The summed E-state index contributed by atoms with van der Waals surface area (Å²) in [6.07, 6.45) is 0.869. The Morgan fingerprint density at radius 1 is 1.21 bits per heavy atom. The van der Waals surface area contributed by atoms with Crippen LogP contribution in [0.3, 0.4) is 0 Å². The SMILES string of the molecule is CC(=O)Nc1ccc(OCc2cc(C(=O)NCCCN3CCOCC3)no2)cc1. The van der Waals surface area contributed by atoms with Crippen LogP contribution in [0.15, 0.2) is 34.9 Å². The number of hydrogen-bond acceptors (Lipinski definition) is 7. The molecule has 0 radical (unpaired) electrons. The zero-order valence-corrected chi connectivity index (χ0v) is 16.5. The molecule has 0 aliphatic carbocycles. The van der Waals surface area contributed by atoms with Gasteiger partial charge in [0.2, 0.25) is 5.91 Å². The summed E-state index contributed by atoms with van der Waals surface area (Å²) < 4.78 is 16.1. The number of nitrogens with one attached hydrogen (secondary N) is 2. The Morgan fingerprint density at radius 3 is 2.69 bits per heavy atom. The molecular weight excluding hydrogens is 376 g/mol. The number of rotatable bonds is 9. The molecule has 1 aromatic carbocycles. The summed E-state index contributed by atoms with van der Waals surface area (Å²) in [5, 5.41) is 9.34. The molecule has 2 N–H and O–H groups in total. The Bertz CT molecular complexity index is 799. The van der Waals surface area contributed by atoms with E-state index < -0.39 is 0 Å². The van der Waals surface area contributed by atoms with E-state index in [2.05, 4.69) is 20.7 Å². The fraction of sp³-hybridized carbons (Fsp3) is 0.450. The normalized spacial score (nSPS) is 14.4. The fourth-order valence-electron chi connectivity index (χ4n) is 2.90. The van der Waals surface area contributed by atoms with Crippen molar-refractivity contribution in [3.05, 3.63) is 41.8 Å². The van der Waals surface area contributed by atoms with Crippen molar-refractivity contribution >= 4 is 17.5 Å². The molecule has 29 heavy (non-hydrogen) atoms. The van der Waals surface area contributed by atoms with Gasteiger partial charge in [-0.15, -0.1) is 0 Å². The predicted octanol–water partition coefficient (Wildman–Crippen LogP) is 1.66. The van der Waals surface area contributed by atoms with Gasteiger partial charge < -0.3 is 24.6 Å². The summed E-state index contributed by atoms with van der Waals surface area (Å²) >= 11 is 0. The standard InChI is InChI=1S/C20H26N4O5/c1-15(25)22-16-3-5-17(6-4-16)28-14-18-13-19(23-29-18)20(26)21-7-2-8-24-9-11-27-12-10-24/h3-6,13H,2,7-12,14H2,1H3,(H,21,26)(H,22,25). The van der Waals surface area contributed by atoms with E-state index in [4.69, 9.17) is 14.0 Å². The van der Waals surface area contributed by atoms with Gasteiger partial charge in [0.15, 0.2) is 11.5 Å². The van der Waals surface area contributed by atoms with Gasteiger partial charge >= 0.3 is 0 Å². The number of aromatic nitrogens is 1. The van der Waals surface area contributed by atoms with Crippen LogP contribution in [-0.2, 0) is 16.1 Å². The van der Waals surface area contributed by atoms with Gasteiger partial charge in [-0.3, -0.25) is 14.5 Å². The lowest BCUT2D eigenvalue weighted by Gasteiger charge is -2.26. The smallest absolute Gasteiger partial charge is 0.273 e. The molecule has 2 amide bonds. The Hall–Kier alpha value is -2.91. The van der Waals surface area contributed by atoms with Crippen LogP contribution in [-0.4, -0.2) is 61.3 Å². The third-order valence-corrected chi connectivity index (χ3v) is 4.39. The van der Waals surface area contributed by atoms with E-state index in [1.54, 1.807) is 30.3 Å². The molecule has 1 aromatic heterocycles. The van der Waals surface area contributed by atoms with Crippen molar-refractivity contribution in [1.29, 1.82) is 0 Å². The van der Waals surface area contributed by atoms with E-state index in [0.29, 0.717) is 23.7 Å². The molecule has 156 valence electrons. The third-order valence-electron chi connectivity index (χ3n) is 4.39. The minimum absolute atomic E-state index is 0.132. The highest BCUT2D eigenvalue weighted by Crippen LogP contribution is 2.17. The first-order valence-electron chi connectivity index (χ1n) is 9.64. The molecule has 3 rings (SSSR count). The number of anilines is 1. The monoisotopic (exact) mass is 402 g/mol. The second-order valence-corrected chi connectivity index (χ2v) is 6.74. The zero-order valence-electron chi connectivity index (χ0n) is 16.5. The van der Waals surface area contributed by atoms with Crippen molar-refractivity contribution in [2.24, 2.45) is 0 Å². The number of amides is 2. The van der Waals surface area contributed by atoms with E-state index in [0.717, 1.165) is 39.3 Å². The van der Waals surface area contributed by atoms with Crippen LogP contribution in [0.1, 0.15) is 29.6 Å². The van der Waals surface area contributed by atoms with Gasteiger partial charge in [0, 0.05) is 38.3 Å². The number of hydrogen-bond donors (Lipinski definition) is 2. The first kappa shape index (κ1) is 20.8. The summed E-state index contributed by atoms with van der Waals surface area (Å²) in [5.41, 5.74) is 0.924. The maximum Gasteiger partial charge on any atom is 0.273 e. The number of ether oxygens (including phenoxy) is 2. The first-order valence-corrected chi connectivity index (χ1v) is 9.64. The van der Waals surface area contributed by atoms with Crippen molar-refractivity contribution < 1.29 is 23.6 Å². The van der Waals surface area contributed by atoms with E-state index in [-0.39, 0.29) is 24.1 Å². The van der Waals surface area contributed by atoms with E-state index in [1.807, 2.05) is 0 Å². The summed E-state index contributed by atoms with van der Waals surface area (Å²) in [6.45, 7) is 6.54. The van der Waals surface area contributed by atoms with Crippen molar-refractivity contribution in [3.8, 4) is 5.75 Å². The van der Waals surface area contributed by atoms with E-state index >= 15 is 0 Å². The summed E-state index contributed by atoms with van der Waals surface area (Å²) in [5.74, 6) is 0.674. The molecule has 1 aliphatic rings. The van der Waals surface area contributed by atoms with Crippen LogP contribution in [0.5, 0.6) is 5.75 Å². The van der Waals surface area contributed by atoms with E-state index in [9.17, 15) is 9.59 Å². The average Bonchev–Trinajstić information content (AvgIpc) is 3.20. The second-order valence-electron chi connectivity index (χ2n) is 6.74. The lowest BCUT2D eigenvalue weighted by Crippen LogP contribution is -2.38. The number of morpholine rings is 1.